The smallest absolute Gasteiger partial charge is 0.315 e. The molecule has 8 nitrogen and oxygen atoms in total. The number of piperazine rings is 1. The molecule has 0 spiro atoms. The number of carbonyl (C=O) groups is 3. The van der Waals surface area contributed by atoms with Crippen LogP contribution in [0.2, 0.25) is 0 Å². The molecule has 0 radical (unpaired) electrons. The molecule has 2 aliphatic heterocycles. The van der Waals surface area contributed by atoms with E-state index in [-0.39, 0.29) is 18.4 Å². The van der Waals surface area contributed by atoms with Crippen molar-refractivity contribution in [3.63, 3.8) is 0 Å². The molecule has 2 N–H and O–H groups in total. The molecular weight excluding hydrogens is 324 g/mol. The minimum atomic E-state index is -0.588. The van der Waals surface area contributed by atoms with E-state index >= 15 is 0 Å². The lowest BCUT2D eigenvalue weighted by Crippen LogP contribution is -2.57. The molecule has 0 aromatic heterocycles. The first kappa shape index (κ1) is 17.1. The van der Waals surface area contributed by atoms with Crippen molar-refractivity contribution < 1.29 is 19.1 Å². The van der Waals surface area contributed by atoms with E-state index in [0.29, 0.717) is 37.5 Å². The number of nitrogens with zero attached hydrogens (tertiary/aromatic N) is 3. The number of benzene rings is 1. The number of para-hydroxylation sites is 2. The van der Waals surface area contributed by atoms with Gasteiger partial charge in [0.1, 0.15) is 18.3 Å². The Labute approximate surface area is 146 Å². The van der Waals surface area contributed by atoms with Gasteiger partial charge in [-0.05, 0) is 25.0 Å². The van der Waals surface area contributed by atoms with Crippen LogP contribution in [0.15, 0.2) is 24.3 Å². The molecule has 2 heterocycles. The van der Waals surface area contributed by atoms with Crippen LogP contribution in [0.25, 0.3) is 0 Å². The zero-order chi connectivity index (χ0) is 18.0. The summed E-state index contributed by atoms with van der Waals surface area (Å²) in [6, 6.07) is 6.15. The van der Waals surface area contributed by atoms with Crippen LogP contribution in [0, 0.1) is 0 Å². The Morgan fingerprint density at radius 3 is 2.64 bits per heavy atom. The van der Waals surface area contributed by atoms with Gasteiger partial charge in [-0.15, -0.1) is 0 Å². The third-order valence-corrected chi connectivity index (χ3v) is 4.73. The van der Waals surface area contributed by atoms with Crippen LogP contribution in [0.4, 0.5) is 10.5 Å². The summed E-state index contributed by atoms with van der Waals surface area (Å²) in [6.45, 7) is 1.26. The Bertz CT molecular complexity index is 693. The maximum atomic E-state index is 12.7. The first-order chi connectivity index (χ1) is 12.0. The number of rotatable bonds is 3. The van der Waals surface area contributed by atoms with Crippen LogP contribution < -0.4 is 15.4 Å². The molecule has 0 bridgehead atoms. The second-order valence-electron chi connectivity index (χ2n) is 6.17. The standard InChI is InChI=1S/C17H22N4O4/c1-25-14-7-3-2-5-12(14)20-10-9-19(11-15(20)22)16(23)13-6-4-8-21(13)17(18)24/h2-3,5,7,13H,4,6,8-11H2,1H3,(H2,18,24). The Hall–Kier alpha value is -2.77. The molecule has 4 amide bonds. The van der Waals surface area contributed by atoms with Crippen molar-refractivity contribution in [1.29, 1.82) is 0 Å². The Morgan fingerprint density at radius 1 is 1.20 bits per heavy atom. The van der Waals surface area contributed by atoms with Crippen LogP contribution in [0.3, 0.4) is 0 Å². The maximum Gasteiger partial charge on any atom is 0.315 e. The van der Waals surface area contributed by atoms with Gasteiger partial charge in [-0.1, -0.05) is 12.1 Å². The van der Waals surface area contributed by atoms with Gasteiger partial charge in [0.25, 0.3) is 0 Å². The van der Waals surface area contributed by atoms with Crippen LogP contribution in [-0.4, -0.2) is 67.0 Å². The van der Waals surface area contributed by atoms with Gasteiger partial charge in [-0.2, -0.15) is 0 Å². The Kier molecular flexibility index (Phi) is 4.78. The Balaban J connectivity index is 1.70. The highest BCUT2D eigenvalue weighted by Gasteiger charge is 2.38. The monoisotopic (exact) mass is 346 g/mol. The predicted molar refractivity (Wildman–Crippen MR) is 91.2 cm³/mol. The number of amides is 4. The quantitative estimate of drug-likeness (QED) is 0.857. The van der Waals surface area contributed by atoms with Crippen LogP contribution >= 0.6 is 0 Å². The summed E-state index contributed by atoms with van der Waals surface area (Å²) < 4.78 is 5.31. The normalized spacial score (nSPS) is 20.8. The molecule has 25 heavy (non-hydrogen) atoms. The van der Waals surface area contributed by atoms with Gasteiger partial charge in [0, 0.05) is 19.6 Å². The molecule has 1 unspecified atom stereocenters. The first-order valence-electron chi connectivity index (χ1n) is 8.31. The zero-order valence-electron chi connectivity index (χ0n) is 14.2. The van der Waals surface area contributed by atoms with E-state index in [1.165, 1.54) is 9.80 Å². The summed E-state index contributed by atoms with van der Waals surface area (Å²) in [5, 5.41) is 0. The van der Waals surface area contributed by atoms with Crippen molar-refractivity contribution in [2.24, 2.45) is 5.73 Å². The van der Waals surface area contributed by atoms with Gasteiger partial charge < -0.3 is 25.2 Å². The summed E-state index contributed by atoms with van der Waals surface area (Å²) >= 11 is 0. The van der Waals surface area contributed by atoms with Crippen molar-refractivity contribution in [1.82, 2.24) is 9.80 Å². The number of carbonyl (C=O) groups excluding carboxylic acids is 3. The van der Waals surface area contributed by atoms with E-state index in [0.717, 1.165) is 6.42 Å². The molecule has 1 aromatic rings. The van der Waals surface area contributed by atoms with Crippen molar-refractivity contribution in [2.75, 3.05) is 38.2 Å². The third kappa shape index (κ3) is 3.24. The second kappa shape index (κ2) is 7.00. The topological polar surface area (TPSA) is 96.2 Å². The molecular formula is C17H22N4O4. The summed E-state index contributed by atoms with van der Waals surface area (Å²) in [4.78, 5) is 41.3. The van der Waals surface area contributed by atoms with Crippen LogP contribution in [-0.2, 0) is 9.59 Å². The van der Waals surface area contributed by atoms with Gasteiger partial charge in [0.15, 0.2) is 0 Å². The molecule has 2 fully saturated rings. The van der Waals surface area contributed by atoms with Gasteiger partial charge in [0.05, 0.1) is 12.8 Å². The molecule has 134 valence electrons. The number of hydrogen-bond donors (Lipinski definition) is 1. The maximum absolute atomic E-state index is 12.7. The average Bonchev–Trinajstić information content (AvgIpc) is 3.11. The van der Waals surface area contributed by atoms with Crippen LogP contribution in [0.5, 0.6) is 5.75 Å². The number of ether oxygens (including phenoxy) is 1. The van der Waals surface area contributed by atoms with Gasteiger partial charge in [-0.3, -0.25) is 9.59 Å². The molecule has 0 saturated carbocycles. The fourth-order valence-corrected chi connectivity index (χ4v) is 3.47. The summed E-state index contributed by atoms with van der Waals surface area (Å²) in [5.74, 6) is 0.239. The lowest BCUT2D eigenvalue weighted by Gasteiger charge is -2.37. The number of hydrogen-bond acceptors (Lipinski definition) is 4. The third-order valence-electron chi connectivity index (χ3n) is 4.73. The Morgan fingerprint density at radius 2 is 1.96 bits per heavy atom. The molecule has 3 rings (SSSR count). The highest BCUT2D eigenvalue weighted by atomic mass is 16.5. The van der Waals surface area contributed by atoms with Crippen molar-refractivity contribution in [3.05, 3.63) is 24.3 Å². The number of likely N-dealkylation sites (tertiary alicyclic amines) is 1. The summed E-state index contributed by atoms with van der Waals surface area (Å²) in [6.07, 6.45) is 1.33. The molecule has 1 atom stereocenters. The minimum absolute atomic E-state index is 0.0139. The summed E-state index contributed by atoms with van der Waals surface area (Å²) in [7, 11) is 1.56. The highest BCUT2D eigenvalue weighted by molar-refractivity contribution is 6.00. The zero-order valence-corrected chi connectivity index (χ0v) is 14.2. The molecule has 1 aromatic carbocycles. The van der Waals surface area contributed by atoms with Crippen LogP contribution in [0.1, 0.15) is 12.8 Å². The van der Waals surface area contributed by atoms with E-state index in [1.807, 2.05) is 18.2 Å². The van der Waals surface area contributed by atoms with E-state index in [9.17, 15) is 14.4 Å². The number of urea groups is 1. The number of anilines is 1. The molecule has 8 heteroatoms. The SMILES string of the molecule is COc1ccccc1N1CCN(C(=O)C2CCCN2C(N)=O)CC1=O. The fraction of sp³-hybridized carbons (Fsp3) is 0.471. The van der Waals surface area contributed by atoms with E-state index in [1.54, 1.807) is 18.1 Å². The van der Waals surface area contributed by atoms with E-state index < -0.39 is 12.1 Å². The number of nitrogens with two attached hydrogens (primary N) is 1. The minimum Gasteiger partial charge on any atom is -0.495 e. The van der Waals surface area contributed by atoms with Gasteiger partial charge in [0.2, 0.25) is 11.8 Å². The number of methoxy groups -OCH3 is 1. The fourth-order valence-electron chi connectivity index (χ4n) is 3.47. The van der Waals surface area contributed by atoms with Gasteiger partial charge in [-0.25, -0.2) is 4.79 Å². The van der Waals surface area contributed by atoms with Crippen molar-refractivity contribution >= 4 is 23.5 Å². The van der Waals surface area contributed by atoms with Gasteiger partial charge >= 0.3 is 6.03 Å². The largest absolute Gasteiger partial charge is 0.495 e. The van der Waals surface area contributed by atoms with E-state index in [4.69, 9.17) is 10.5 Å². The van der Waals surface area contributed by atoms with E-state index in [2.05, 4.69) is 0 Å². The first-order valence-corrected chi connectivity index (χ1v) is 8.31. The number of primary amides is 1. The van der Waals surface area contributed by atoms with Crippen molar-refractivity contribution in [3.8, 4) is 5.75 Å². The molecule has 2 saturated heterocycles. The lowest BCUT2D eigenvalue weighted by atomic mass is 10.1. The average molecular weight is 346 g/mol. The highest BCUT2D eigenvalue weighted by Crippen LogP contribution is 2.29. The lowest BCUT2D eigenvalue weighted by molar-refractivity contribution is -0.139. The molecule has 0 aliphatic carbocycles. The predicted octanol–water partition coefficient (Wildman–Crippen LogP) is 0.413. The van der Waals surface area contributed by atoms with Crippen molar-refractivity contribution in [2.45, 2.75) is 18.9 Å². The summed E-state index contributed by atoms with van der Waals surface area (Å²) in [5.41, 5.74) is 6.04. The molecule has 2 aliphatic rings. The second-order valence-corrected chi connectivity index (χ2v) is 6.17.